The highest BCUT2D eigenvalue weighted by molar-refractivity contribution is 5.81. The number of hydrogen-bond acceptors (Lipinski definition) is 2. The zero-order chi connectivity index (χ0) is 15.4. The van der Waals surface area contributed by atoms with Crippen LogP contribution in [-0.2, 0) is 0 Å². The molecule has 0 amide bonds. The summed E-state index contributed by atoms with van der Waals surface area (Å²) in [5, 5.41) is 3.45. The van der Waals surface area contributed by atoms with E-state index in [4.69, 9.17) is 4.42 Å². The van der Waals surface area contributed by atoms with E-state index in [0.717, 1.165) is 23.6 Å². The normalized spacial score (nSPS) is 10.9. The van der Waals surface area contributed by atoms with Crippen LogP contribution in [0.25, 0.3) is 22.5 Å². The van der Waals surface area contributed by atoms with Gasteiger partial charge in [-0.05, 0) is 41.3 Å². The maximum absolute atomic E-state index is 5.56. The van der Waals surface area contributed by atoms with E-state index in [2.05, 4.69) is 61.6 Å². The summed E-state index contributed by atoms with van der Waals surface area (Å²) in [6.07, 6.45) is 1.71. The summed E-state index contributed by atoms with van der Waals surface area (Å²) in [7, 11) is 0. The van der Waals surface area contributed by atoms with Gasteiger partial charge in [0.2, 0.25) is 0 Å². The van der Waals surface area contributed by atoms with Crippen molar-refractivity contribution < 1.29 is 4.42 Å². The topological polar surface area (TPSA) is 25.2 Å². The molecule has 2 aromatic carbocycles. The van der Waals surface area contributed by atoms with Crippen LogP contribution in [0.15, 0.2) is 71.3 Å². The molecule has 2 nitrogen and oxygen atoms in total. The van der Waals surface area contributed by atoms with Crippen molar-refractivity contribution in [3.05, 3.63) is 66.9 Å². The Morgan fingerprint density at radius 1 is 0.864 bits per heavy atom. The molecule has 2 heteroatoms. The molecular formula is C20H21NO. The second-order valence-electron chi connectivity index (χ2n) is 5.87. The lowest BCUT2D eigenvalue weighted by molar-refractivity contribution is 0.582. The van der Waals surface area contributed by atoms with Crippen molar-refractivity contribution in [2.75, 3.05) is 11.9 Å². The Kier molecular flexibility index (Phi) is 4.29. The number of furan rings is 1. The lowest BCUT2D eigenvalue weighted by atomic mass is 9.98. The Hall–Kier alpha value is -2.48. The zero-order valence-corrected chi connectivity index (χ0v) is 13.0. The van der Waals surface area contributed by atoms with E-state index in [0.29, 0.717) is 5.92 Å². The quantitative estimate of drug-likeness (QED) is 0.654. The lowest BCUT2D eigenvalue weighted by Crippen LogP contribution is -2.07. The number of benzene rings is 2. The standard InChI is InChI=1S/C20H21NO/c1-15(2)14-21-17-11-9-16(10-12-17)18-6-3-4-7-19(18)20-8-5-13-22-20/h3-13,15,21H,14H2,1-2H3. The minimum Gasteiger partial charge on any atom is -0.464 e. The smallest absolute Gasteiger partial charge is 0.134 e. The highest BCUT2D eigenvalue weighted by atomic mass is 16.3. The minimum absolute atomic E-state index is 0.638. The molecule has 0 radical (unpaired) electrons. The van der Waals surface area contributed by atoms with E-state index >= 15 is 0 Å². The van der Waals surface area contributed by atoms with Crippen LogP contribution >= 0.6 is 0 Å². The van der Waals surface area contributed by atoms with Crippen molar-refractivity contribution in [1.82, 2.24) is 0 Å². The summed E-state index contributed by atoms with van der Waals surface area (Å²) >= 11 is 0. The maximum atomic E-state index is 5.56. The van der Waals surface area contributed by atoms with Gasteiger partial charge in [-0.1, -0.05) is 50.2 Å². The largest absolute Gasteiger partial charge is 0.464 e. The Morgan fingerprint density at radius 2 is 1.59 bits per heavy atom. The van der Waals surface area contributed by atoms with Gasteiger partial charge in [0.25, 0.3) is 0 Å². The average Bonchev–Trinajstić information content (AvgIpc) is 3.08. The third-order valence-electron chi connectivity index (χ3n) is 3.62. The van der Waals surface area contributed by atoms with E-state index in [1.165, 1.54) is 11.1 Å². The highest BCUT2D eigenvalue weighted by Crippen LogP contribution is 2.32. The molecule has 0 spiro atoms. The maximum Gasteiger partial charge on any atom is 0.134 e. The first-order valence-electron chi connectivity index (χ1n) is 7.71. The zero-order valence-electron chi connectivity index (χ0n) is 13.0. The molecule has 1 heterocycles. The molecule has 1 N–H and O–H groups in total. The van der Waals surface area contributed by atoms with Gasteiger partial charge in [-0.2, -0.15) is 0 Å². The first-order chi connectivity index (χ1) is 10.7. The summed E-state index contributed by atoms with van der Waals surface area (Å²) in [4.78, 5) is 0. The Bertz CT molecular complexity index is 712. The van der Waals surface area contributed by atoms with Gasteiger partial charge in [0, 0.05) is 17.8 Å². The molecule has 0 aliphatic heterocycles. The molecule has 22 heavy (non-hydrogen) atoms. The second kappa shape index (κ2) is 6.52. The van der Waals surface area contributed by atoms with E-state index in [-0.39, 0.29) is 0 Å². The van der Waals surface area contributed by atoms with Crippen LogP contribution in [-0.4, -0.2) is 6.54 Å². The molecule has 0 saturated carbocycles. The van der Waals surface area contributed by atoms with Gasteiger partial charge in [-0.3, -0.25) is 0 Å². The van der Waals surface area contributed by atoms with Crippen molar-refractivity contribution in [3.63, 3.8) is 0 Å². The molecule has 0 fully saturated rings. The summed E-state index contributed by atoms with van der Waals surface area (Å²) in [5.74, 6) is 1.54. The van der Waals surface area contributed by atoms with Crippen LogP contribution < -0.4 is 5.32 Å². The van der Waals surface area contributed by atoms with Crippen LogP contribution in [0.3, 0.4) is 0 Å². The molecule has 3 rings (SSSR count). The summed E-state index contributed by atoms with van der Waals surface area (Å²) in [6.45, 7) is 5.41. The fraction of sp³-hybridized carbons (Fsp3) is 0.200. The van der Waals surface area contributed by atoms with E-state index in [1.807, 2.05) is 18.2 Å². The van der Waals surface area contributed by atoms with Gasteiger partial charge in [-0.15, -0.1) is 0 Å². The van der Waals surface area contributed by atoms with Crippen LogP contribution in [0.2, 0.25) is 0 Å². The number of anilines is 1. The second-order valence-corrected chi connectivity index (χ2v) is 5.87. The third-order valence-corrected chi connectivity index (χ3v) is 3.62. The minimum atomic E-state index is 0.638. The highest BCUT2D eigenvalue weighted by Gasteiger charge is 2.08. The van der Waals surface area contributed by atoms with Gasteiger partial charge in [0.1, 0.15) is 5.76 Å². The van der Waals surface area contributed by atoms with E-state index in [1.54, 1.807) is 6.26 Å². The Morgan fingerprint density at radius 3 is 2.23 bits per heavy atom. The van der Waals surface area contributed by atoms with E-state index < -0.39 is 0 Å². The SMILES string of the molecule is CC(C)CNc1ccc(-c2ccccc2-c2ccco2)cc1. The van der Waals surface area contributed by atoms with Gasteiger partial charge < -0.3 is 9.73 Å². The molecule has 3 aromatic rings. The number of nitrogens with one attached hydrogen (secondary N) is 1. The molecule has 0 saturated heterocycles. The predicted octanol–water partition coefficient (Wildman–Crippen LogP) is 5.68. The molecule has 0 atom stereocenters. The summed E-state index contributed by atoms with van der Waals surface area (Å²) < 4.78 is 5.56. The van der Waals surface area contributed by atoms with Gasteiger partial charge in [-0.25, -0.2) is 0 Å². The number of rotatable bonds is 5. The van der Waals surface area contributed by atoms with Gasteiger partial charge in [0.15, 0.2) is 0 Å². The van der Waals surface area contributed by atoms with Crippen molar-refractivity contribution in [3.8, 4) is 22.5 Å². The predicted molar refractivity (Wildman–Crippen MR) is 92.9 cm³/mol. The average molecular weight is 291 g/mol. The number of hydrogen-bond donors (Lipinski definition) is 1. The van der Waals surface area contributed by atoms with Crippen LogP contribution in [0.5, 0.6) is 0 Å². The molecule has 0 unspecified atom stereocenters. The third kappa shape index (κ3) is 3.22. The molecule has 0 aliphatic rings. The Balaban J connectivity index is 1.89. The molecule has 0 aliphatic carbocycles. The molecule has 0 bridgehead atoms. The van der Waals surface area contributed by atoms with Crippen molar-refractivity contribution in [2.45, 2.75) is 13.8 Å². The fourth-order valence-corrected chi connectivity index (χ4v) is 2.47. The Labute approximate surface area is 131 Å². The van der Waals surface area contributed by atoms with Crippen molar-refractivity contribution >= 4 is 5.69 Å². The van der Waals surface area contributed by atoms with Gasteiger partial charge >= 0.3 is 0 Å². The molecule has 1 aromatic heterocycles. The molecule has 112 valence electrons. The fourth-order valence-electron chi connectivity index (χ4n) is 2.47. The summed E-state index contributed by atoms with van der Waals surface area (Å²) in [5.41, 5.74) is 4.67. The van der Waals surface area contributed by atoms with Crippen LogP contribution in [0.1, 0.15) is 13.8 Å². The van der Waals surface area contributed by atoms with Crippen LogP contribution in [0.4, 0.5) is 5.69 Å². The lowest BCUT2D eigenvalue weighted by Gasteiger charge is -2.11. The summed E-state index contributed by atoms with van der Waals surface area (Å²) in [6, 6.07) is 20.8. The van der Waals surface area contributed by atoms with E-state index in [9.17, 15) is 0 Å². The monoisotopic (exact) mass is 291 g/mol. The molecular weight excluding hydrogens is 270 g/mol. The first-order valence-corrected chi connectivity index (χ1v) is 7.71. The first kappa shape index (κ1) is 14.5. The van der Waals surface area contributed by atoms with Crippen molar-refractivity contribution in [2.24, 2.45) is 5.92 Å². The van der Waals surface area contributed by atoms with Crippen molar-refractivity contribution in [1.29, 1.82) is 0 Å². The van der Waals surface area contributed by atoms with Crippen LogP contribution in [0, 0.1) is 5.92 Å². The van der Waals surface area contributed by atoms with Gasteiger partial charge in [0.05, 0.1) is 6.26 Å².